The number of ether oxygens (including phenoxy) is 1. The van der Waals surface area contributed by atoms with Crippen LogP contribution in [-0.4, -0.2) is 28.6 Å². The molecule has 2 rings (SSSR count). The molecule has 6 nitrogen and oxygen atoms in total. The molecule has 1 aromatic heterocycles. The molecule has 26 heavy (non-hydrogen) atoms. The number of hydrogen-bond donors (Lipinski definition) is 3. The summed E-state index contributed by atoms with van der Waals surface area (Å²) in [4.78, 5) is 27.4. The molecule has 6 heteroatoms. The molecule has 1 atom stereocenters. The molecule has 0 aliphatic carbocycles. The normalized spacial score (nSPS) is 11.9. The number of hydrogen-bond acceptors (Lipinski definition) is 4. The Morgan fingerprint density at radius 1 is 1.27 bits per heavy atom. The maximum absolute atomic E-state index is 12.3. The van der Waals surface area contributed by atoms with Gasteiger partial charge in [-0.15, -0.1) is 0 Å². The maximum atomic E-state index is 12.3. The van der Waals surface area contributed by atoms with E-state index >= 15 is 0 Å². The standard InChI is InChI=1S/C20H26N2O4/c1-6-15-9-7-8-11(2)18(15)22-16(24)10-26-20(25)19-12(3)17(14(5)23)13(4)21-19/h7-9,14,21,23H,6,10H2,1-5H3,(H,22,24)/t14-/m1/s1. The Morgan fingerprint density at radius 2 is 1.96 bits per heavy atom. The zero-order valence-electron chi connectivity index (χ0n) is 15.9. The lowest BCUT2D eigenvalue weighted by atomic mass is 10.1. The summed E-state index contributed by atoms with van der Waals surface area (Å²) in [6, 6.07) is 5.82. The molecule has 0 aliphatic rings. The first kappa shape index (κ1) is 19.7. The van der Waals surface area contributed by atoms with Crippen LogP contribution in [0.1, 0.15) is 58.4 Å². The third-order valence-electron chi connectivity index (χ3n) is 4.46. The van der Waals surface area contributed by atoms with Crippen molar-refractivity contribution < 1.29 is 19.4 Å². The lowest BCUT2D eigenvalue weighted by molar-refractivity contribution is -0.119. The van der Waals surface area contributed by atoms with E-state index < -0.39 is 12.1 Å². The Labute approximate surface area is 153 Å². The topological polar surface area (TPSA) is 91.4 Å². The highest BCUT2D eigenvalue weighted by Crippen LogP contribution is 2.25. The number of aromatic amines is 1. The van der Waals surface area contributed by atoms with Crippen LogP contribution in [0.3, 0.4) is 0 Å². The van der Waals surface area contributed by atoms with Gasteiger partial charge in [-0.3, -0.25) is 4.79 Å². The molecule has 0 saturated heterocycles. The van der Waals surface area contributed by atoms with Crippen LogP contribution in [0, 0.1) is 20.8 Å². The first-order valence-electron chi connectivity index (χ1n) is 8.68. The van der Waals surface area contributed by atoms with Crippen molar-refractivity contribution in [2.24, 2.45) is 0 Å². The minimum absolute atomic E-state index is 0.260. The summed E-state index contributed by atoms with van der Waals surface area (Å²) in [5.41, 5.74) is 5.03. The number of carbonyl (C=O) groups is 2. The Kier molecular flexibility index (Phi) is 6.21. The summed E-state index contributed by atoms with van der Waals surface area (Å²) in [5.74, 6) is -1.01. The van der Waals surface area contributed by atoms with Crippen molar-refractivity contribution in [1.29, 1.82) is 0 Å². The van der Waals surface area contributed by atoms with Crippen molar-refractivity contribution in [3.8, 4) is 0 Å². The molecule has 1 heterocycles. The summed E-state index contributed by atoms with van der Waals surface area (Å²) in [6.07, 6.45) is 0.102. The highest BCUT2D eigenvalue weighted by molar-refractivity contribution is 5.96. The van der Waals surface area contributed by atoms with Gasteiger partial charge in [0, 0.05) is 16.9 Å². The van der Waals surface area contributed by atoms with Crippen LogP contribution in [0.5, 0.6) is 0 Å². The van der Waals surface area contributed by atoms with E-state index in [-0.39, 0.29) is 18.2 Å². The van der Waals surface area contributed by atoms with E-state index in [1.807, 2.05) is 32.0 Å². The third-order valence-corrected chi connectivity index (χ3v) is 4.46. The summed E-state index contributed by atoms with van der Waals surface area (Å²) in [6.45, 7) is 8.72. The summed E-state index contributed by atoms with van der Waals surface area (Å²) >= 11 is 0. The van der Waals surface area contributed by atoms with E-state index in [0.29, 0.717) is 16.8 Å². The van der Waals surface area contributed by atoms with Gasteiger partial charge in [-0.25, -0.2) is 4.79 Å². The van der Waals surface area contributed by atoms with Gasteiger partial charge in [0.2, 0.25) is 0 Å². The van der Waals surface area contributed by atoms with Crippen LogP contribution in [0.2, 0.25) is 0 Å². The average Bonchev–Trinajstić information content (AvgIpc) is 2.89. The molecule has 0 spiro atoms. The molecule has 3 N–H and O–H groups in total. The van der Waals surface area contributed by atoms with E-state index in [1.54, 1.807) is 20.8 Å². The number of nitrogens with one attached hydrogen (secondary N) is 2. The average molecular weight is 358 g/mol. The van der Waals surface area contributed by atoms with E-state index in [9.17, 15) is 14.7 Å². The van der Waals surface area contributed by atoms with Crippen LogP contribution >= 0.6 is 0 Å². The van der Waals surface area contributed by atoms with Gasteiger partial charge < -0.3 is 20.1 Å². The number of anilines is 1. The highest BCUT2D eigenvalue weighted by atomic mass is 16.5. The number of aliphatic hydroxyl groups is 1. The second-order valence-electron chi connectivity index (χ2n) is 6.43. The SMILES string of the molecule is CCc1cccc(C)c1NC(=O)COC(=O)c1[nH]c(C)c([C@@H](C)O)c1C. The zero-order chi connectivity index (χ0) is 19.4. The number of aliphatic hydroxyl groups excluding tert-OH is 1. The first-order chi connectivity index (χ1) is 12.3. The van der Waals surface area contributed by atoms with Crippen molar-refractivity contribution in [2.75, 3.05) is 11.9 Å². The number of aryl methyl sites for hydroxylation is 3. The summed E-state index contributed by atoms with van der Waals surface area (Å²) in [7, 11) is 0. The number of benzene rings is 1. The fourth-order valence-electron chi connectivity index (χ4n) is 3.18. The molecular weight excluding hydrogens is 332 g/mol. The third kappa shape index (κ3) is 4.14. The molecule has 1 aromatic carbocycles. The number of amides is 1. The molecule has 0 bridgehead atoms. The van der Waals surface area contributed by atoms with Crippen molar-refractivity contribution in [2.45, 2.75) is 47.1 Å². The molecule has 140 valence electrons. The number of H-pyrrole nitrogens is 1. The van der Waals surface area contributed by atoms with E-state index in [0.717, 1.165) is 23.2 Å². The van der Waals surface area contributed by atoms with Crippen LogP contribution in [0.4, 0.5) is 5.69 Å². The minimum Gasteiger partial charge on any atom is -0.451 e. The van der Waals surface area contributed by atoms with E-state index in [4.69, 9.17) is 4.74 Å². The van der Waals surface area contributed by atoms with Crippen molar-refractivity contribution in [1.82, 2.24) is 4.98 Å². The van der Waals surface area contributed by atoms with Crippen molar-refractivity contribution in [3.63, 3.8) is 0 Å². The number of carbonyl (C=O) groups excluding carboxylic acids is 2. The van der Waals surface area contributed by atoms with Crippen LogP contribution in [0.15, 0.2) is 18.2 Å². The molecule has 0 aliphatic heterocycles. The highest BCUT2D eigenvalue weighted by Gasteiger charge is 2.21. The molecule has 1 amide bonds. The van der Waals surface area contributed by atoms with Crippen molar-refractivity contribution in [3.05, 3.63) is 51.8 Å². The fraction of sp³-hybridized carbons (Fsp3) is 0.400. The number of rotatable bonds is 6. The Hall–Kier alpha value is -2.60. The fourth-order valence-corrected chi connectivity index (χ4v) is 3.18. The van der Waals surface area contributed by atoms with Gasteiger partial charge in [-0.05, 0) is 50.8 Å². The Morgan fingerprint density at radius 3 is 2.54 bits per heavy atom. The monoisotopic (exact) mass is 358 g/mol. The minimum atomic E-state index is -0.690. The van der Waals surface area contributed by atoms with Gasteiger partial charge in [0.15, 0.2) is 6.61 Å². The number of aromatic nitrogens is 1. The molecule has 0 saturated carbocycles. The zero-order valence-corrected chi connectivity index (χ0v) is 15.9. The van der Waals surface area contributed by atoms with Crippen molar-refractivity contribution >= 4 is 17.6 Å². The quantitative estimate of drug-likeness (QED) is 0.691. The van der Waals surface area contributed by atoms with Crippen LogP contribution in [-0.2, 0) is 16.0 Å². The lowest BCUT2D eigenvalue weighted by Crippen LogP contribution is -2.22. The largest absolute Gasteiger partial charge is 0.451 e. The second kappa shape index (κ2) is 8.19. The van der Waals surface area contributed by atoms with Gasteiger partial charge in [-0.2, -0.15) is 0 Å². The Bertz CT molecular complexity index is 821. The number of para-hydroxylation sites is 1. The van der Waals surface area contributed by atoms with Gasteiger partial charge >= 0.3 is 5.97 Å². The molecule has 0 fully saturated rings. The van der Waals surface area contributed by atoms with Gasteiger partial charge in [0.1, 0.15) is 5.69 Å². The molecular formula is C20H26N2O4. The molecule has 0 unspecified atom stereocenters. The van der Waals surface area contributed by atoms with Crippen LogP contribution in [0.25, 0.3) is 0 Å². The van der Waals surface area contributed by atoms with Crippen LogP contribution < -0.4 is 5.32 Å². The summed E-state index contributed by atoms with van der Waals surface area (Å²) in [5, 5.41) is 12.6. The molecule has 2 aromatic rings. The van der Waals surface area contributed by atoms with Gasteiger partial charge in [0.25, 0.3) is 5.91 Å². The van der Waals surface area contributed by atoms with Gasteiger partial charge in [-0.1, -0.05) is 25.1 Å². The predicted octanol–water partition coefficient (Wildman–Crippen LogP) is 3.35. The Balaban J connectivity index is 2.04. The molecule has 0 radical (unpaired) electrons. The smallest absolute Gasteiger partial charge is 0.355 e. The summed E-state index contributed by atoms with van der Waals surface area (Å²) < 4.78 is 5.14. The maximum Gasteiger partial charge on any atom is 0.355 e. The predicted molar refractivity (Wildman–Crippen MR) is 100 cm³/mol. The lowest BCUT2D eigenvalue weighted by Gasteiger charge is -2.13. The number of esters is 1. The van der Waals surface area contributed by atoms with E-state index in [1.165, 1.54) is 0 Å². The second-order valence-corrected chi connectivity index (χ2v) is 6.43. The van der Waals surface area contributed by atoms with E-state index in [2.05, 4.69) is 10.3 Å². The van der Waals surface area contributed by atoms with Gasteiger partial charge in [0.05, 0.1) is 6.10 Å². The first-order valence-corrected chi connectivity index (χ1v) is 8.68.